The van der Waals surface area contributed by atoms with E-state index in [1.165, 1.54) is 32.1 Å². The van der Waals surface area contributed by atoms with Crippen molar-refractivity contribution in [2.75, 3.05) is 20.2 Å². The van der Waals surface area contributed by atoms with Gasteiger partial charge in [-0.05, 0) is 38.1 Å². The summed E-state index contributed by atoms with van der Waals surface area (Å²) in [5, 5.41) is 1.21. The Morgan fingerprint density at radius 3 is 2.63 bits per heavy atom. The zero-order chi connectivity index (χ0) is 13.7. The van der Waals surface area contributed by atoms with Crippen molar-refractivity contribution in [2.24, 2.45) is 0 Å². The number of nitrogens with zero attached hydrogens (tertiary/aromatic N) is 1. The molecule has 0 heterocycles. The van der Waals surface area contributed by atoms with Gasteiger partial charge in [0.25, 0.3) is 0 Å². The molecule has 0 radical (unpaired) electrons. The minimum absolute atomic E-state index is 0.577. The highest BCUT2D eigenvalue weighted by Crippen LogP contribution is 2.27. The van der Waals surface area contributed by atoms with Gasteiger partial charge in [0.05, 0.1) is 5.02 Å². The van der Waals surface area contributed by atoms with Crippen LogP contribution in [0.4, 0.5) is 0 Å². The third kappa shape index (κ3) is 4.55. The molecule has 0 amide bonds. The molecule has 0 aliphatic heterocycles. The highest BCUT2D eigenvalue weighted by molar-refractivity contribution is 6.35. The summed E-state index contributed by atoms with van der Waals surface area (Å²) in [4.78, 5) is 2.41. The van der Waals surface area contributed by atoms with Gasteiger partial charge in [-0.2, -0.15) is 0 Å². The highest BCUT2D eigenvalue weighted by Gasteiger charge is 2.17. The summed E-state index contributed by atoms with van der Waals surface area (Å²) in [6, 6.07) is 6.06. The van der Waals surface area contributed by atoms with E-state index < -0.39 is 0 Å². The van der Waals surface area contributed by atoms with E-state index in [4.69, 9.17) is 27.9 Å². The molecule has 1 aliphatic rings. The Labute approximate surface area is 125 Å². The summed E-state index contributed by atoms with van der Waals surface area (Å²) in [5.41, 5.74) is 0. The van der Waals surface area contributed by atoms with E-state index in [-0.39, 0.29) is 0 Å². The van der Waals surface area contributed by atoms with E-state index in [1.807, 2.05) is 6.07 Å². The quantitative estimate of drug-likeness (QED) is 0.786. The second-order valence-corrected chi connectivity index (χ2v) is 6.04. The summed E-state index contributed by atoms with van der Waals surface area (Å²) in [7, 11) is 2.18. The van der Waals surface area contributed by atoms with Crippen LogP contribution in [0.3, 0.4) is 0 Å². The van der Waals surface area contributed by atoms with Crippen LogP contribution < -0.4 is 4.74 Å². The number of likely N-dealkylation sites (N-methyl/N-ethyl adjacent to an activating group) is 1. The fraction of sp³-hybridized carbons (Fsp3) is 0.600. The van der Waals surface area contributed by atoms with Crippen LogP contribution in [0.25, 0.3) is 0 Å². The van der Waals surface area contributed by atoms with Crippen molar-refractivity contribution >= 4 is 23.2 Å². The summed E-state index contributed by atoms with van der Waals surface area (Å²) in [6.45, 7) is 1.60. The maximum absolute atomic E-state index is 6.07. The third-order valence-electron chi connectivity index (χ3n) is 3.79. The lowest BCUT2D eigenvalue weighted by Crippen LogP contribution is -2.36. The largest absolute Gasteiger partial charge is 0.491 e. The first-order valence-electron chi connectivity index (χ1n) is 6.95. The van der Waals surface area contributed by atoms with Gasteiger partial charge in [-0.25, -0.2) is 0 Å². The molecule has 106 valence electrons. The van der Waals surface area contributed by atoms with E-state index in [1.54, 1.807) is 12.1 Å². The molecule has 0 saturated heterocycles. The van der Waals surface area contributed by atoms with Gasteiger partial charge in [0.2, 0.25) is 0 Å². The molecule has 1 aliphatic carbocycles. The van der Waals surface area contributed by atoms with Crippen LogP contribution in [0.5, 0.6) is 5.75 Å². The molecule has 0 bridgehead atoms. The number of benzene rings is 1. The zero-order valence-corrected chi connectivity index (χ0v) is 12.9. The van der Waals surface area contributed by atoms with Crippen molar-refractivity contribution in [1.29, 1.82) is 0 Å². The average Bonchev–Trinajstić information content (AvgIpc) is 2.42. The van der Waals surface area contributed by atoms with Crippen molar-refractivity contribution in [3.8, 4) is 5.75 Å². The second kappa shape index (κ2) is 7.37. The maximum Gasteiger partial charge on any atom is 0.138 e. The SMILES string of the molecule is CN(CCOc1ccc(Cl)cc1Cl)C1CCCCC1. The van der Waals surface area contributed by atoms with Crippen LogP contribution in [0.15, 0.2) is 18.2 Å². The van der Waals surface area contributed by atoms with Gasteiger partial charge in [-0.3, -0.25) is 0 Å². The molecule has 4 heteroatoms. The molecule has 0 N–H and O–H groups in total. The number of hydrogen-bond acceptors (Lipinski definition) is 2. The number of hydrogen-bond donors (Lipinski definition) is 0. The lowest BCUT2D eigenvalue weighted by atomic mass is 9.94. The molecule has 2 nitrogen and oxygen atoms in total. The van der Waals surface area contributed by atoms with Gasteiger partial charge in [0.1, 0.15) is 12.4 Å². The van der Waals surface area contributed by atoms with Crippen LogP contribution in [0.2, 0.25) is 10.0 Å². The lowest BCUT2D eigenvalue weighted by Gasteiger charge is -2.31. The van der Waals surface area contributed by atoms with Gasteiger partial charge in [-0.15, -0.1) is 0 Å². The van der Waals surface area contributed by atoms with Crippen molar-refractivity contribution < 1.29 is 4.74 Å². The number of halogens is 2. The Morgan fingerprint density at radius 2 is 1.95 bits per heavy atom. The number of ether oxygens (including phenoxy) is 1. The van der Waals surface area contributed by atoms with Crippen LogP contribution in [-0.4, -0.2) is 31.1 Å². The minimum Gasteiger partial charge on any atom is -0.491 e. The van der Waals surface area contributed by atoms with Crippen LogP contribution in [0, 0.1) is 0 Å². The Hall–Kier alpha value is -0.440. The fourth-order valence-electron chi connectivity index (χ4n) is 2.60. The van der Waals surface area contributed by atoms with Crippen LogP contribution in [0.1, 0.15) is 32.1 Å². The topological polar surface area (TPSA) is 12.5 Å². The van der Waals surface area contributed by atoms with Crippen LogP contribution >= 0.6 is 23.2 Å². The lowest BCUT2D eigenvalue weighted by molar-refractivity contribution is 0.160. The molecule has 1 fully saturated rings. The van der Waals surface area contributed by atoms with Crippen molar-refractivity contribution in [1.82, 2.24) is 4.90 Å². The Bertz CT molecular complexity index is 405. The summed E-state index contributed by atoms with van der Waals surface area (Å²) < 4.78 is 5.72. The first-order chi connectivity index (χ1) is 9.16. The van der Waals surface area contributed by atoms with Crippen molar-refractivity contribution in [3.05, 3.63) is 28.2 Å². The Morgan fingerprint density at radius 1 is 1.21 bits per heavy atom. The van der Waals surface area contributed by atoms with E-state index in [2.05, 4.69) is 11.9 Å². The van der Waals surface area contributed by atoms with E-state index in [0.29, 0.717) is 22.4 Å². The van der Waals surface area contributed by atoms with E-state index in [0.717, 1.165) is 12.6 Å². The summed E-state index contributed by atoms with van der Waals surface area (Å²) in [6.07, 6.45) is 6.75. The molecule has 0 aromatic heterocycles. The monoisotopic (exact) mass is 301 g/mol. The number of rotatable bonds is 5. The first-order valence-corrected chi connectivity index (χ1v) is 7.70. The smallest absolute Gasteiger partial charge is 0.138 e. The van der Waals surface area contributed by atoms with Gasteiger partial charge in [0, 0.05) is 17.6 Å². The van der Waals surface area contributed by atoms with E-state index in [9.17, 15) is 0 Å². The Kier molecular flexibility index (Phi) is 5.80. The fourth-order valence-corrected chi connectivity index (χ4v) is 3.06. The highest BCUT2D eigenvalue weighted by atomic mass is 35.5. The standard InChI is InChI=1S/C15H21Cl2NO/c1-18(13-5-3-2-4-6-13)9-10-19-15-8-7-12(16)11-14(15)17/h7-8,11,13H,2-6,9-10H2,1H3. The minimum atomic E-state index is 0.577. The summed E-state index contributed by atoms with van der Waals surface area (Å²) >= 11 is 11.9. The molecule has 1 aromatic rings. The molecular weight excluding hydrogens is 281 g/mol. The van der Waals surface area contributed by atoms with Gasteiger partial charge < -0.3 is 9.64 Å². The zero-order valence-electron chi connectivity index (χ0n) is 11.4. The molecule has 19 heavy (non-hydrogen) atoms. The second-order valence-electron chi connectivity index (χ2n) is 5.20. The van der Waals surface area contributed by atoms with Crippen LogP contribution in [-0.2, 0) is 0 Å². The molecular formula is C15H21Cl2NO. The predicted molar refractivity (Wildman–Crippen MR) is 81.5 cm³/mol. The third-order valence-corrected chi connectivity index (χ3v) is 4.32. The molecule has 0 unspecified atom stereocenters. The Balaban J connectivity index is 1.76. The molecule has 1 saturated carbocycles. The summed E-state index contributed by atoms with van der Waals surface area (Å²) in [5.74, 6) is 0.711. The van der Waals surface area contributed by atoms with Gasteiger partial charge in [0.15, 0.2) is 0 Å². The predicted octanol–water partition coefficient (Wildman–Crippen LogP) is 4.64. The van der Waals surface area contributed by atoms with Gasteiger partial charge >= 0.3 is 0 Å². The molecule has 0 spiro atoms. The van der Waals surface area contributed by atoms with Crippen molar-refractivity contribution in [2.45, 2.75) is 38.1 Å². The molecule has 0 atom stereocenters. The average molecular weight is 302 g/mol. The molecule has 1 aromatic carbocycles. The van der Waals surface area contributed by atoms with Gasteiger partial charge in [-0.1, -0.05) is 42.5 Å². The maximum atomic E-state index is 6.07. The van der Waals surface area contributed by atoms with Crippen molar-refractivity contribution in [3.63, 3.8) is 0 Å². The normalized spacial score (nSPS) is 16.8. The first kappa shape index (κ1) is 15.0. The molecule has 2 rings (SSSR count). The van der Waals surface area contributed by atoms with E-state index >= 15 is 0 Å².